The van der Waals surface area contributed by atoms with Crippen molar-refractivity contribution < 1.29 is 23.4 Å². The molecular weight excluding hydrogens is 414 g/mol. The third-order valence-electron chi connectivity index (χ3n) is 6.12. The van der Waals surface area contributed by atoms with E-state index < -0.39 is 17.2 Å². The molecule has 0 aliphatic carbocycles. The van der Waals surface area contributed by atoms with Gasteiger partial charge in [-0.25, -0.2) is 8.78 Å². The van der Waals surface area contributed by atoms with Crippen LogP contribution in [0.1, 0.15) is 28.8 Å². The summed E-state index contributed by atoms with van der Waals surface area (Å²) < 4.78 is 32.1. The van der Waals surface area contributed by atoms with Gasteiger partial charge in [0.1, 0.15) is 11.4 Å². The van der Waals surface area contributed by atoms with Crippen molar-refractivity contribution in [3.63, 3.8) is 0 Å². The summed E-state index contributed by atoms with van der Waals surface area (Å²) in [5.41, 5.74) is -0.465. The fraction of sp³-hybridized carbons (Fsp3) is 0.409. The highest BCUT2D eigenvalue weighted by Crippen LogP contribution is 2.36. The van der Waals surface area contributed by atoms with E-state index in [0.29, 0.717) is 60.9 Å². The van der Waals surface area contributed by atoms with Crippen LogP contribution in [-0.2, 0) is 5.60 Å². The van der Waals surface area contributed by atoms with Gasteiger partial charge in [-0.3, -0.25) is 9.69 Å². The number of aliphatic hydroxyl groups is 1. The van der Waals surface area contributed by atoms with Gasteiger partial charge in [0, 0.05) is 32.2 Å². The molecule has 0 radical (unpaired) electrons. The Bertz CT molecular complexity index is 973. The molecule has 8 heteroatoms. The summed E-state index contributed by atoms with van der Waals surface area (Å²) in [5, 5.41) is 11.4. The van der Waals surface area contributed by atoms with Gasteiger partial charge in [-0.15, -0.1) is 0 Å². The number of rotatable bonds is 3. The Kier molecular flexibility index (Phi) is 5.70. The van der Waals surface area contributed by atoms with Gasteiger partial charge in [0.05, 0.1) is 17.7 Å². The van der Waals surface area contributed by atoms with E-state index in [1.807, 2.05) is 0 Å². The van der Waals surface area contributed by atoms with Crippen molar-refractivity contribution >= 4 is 17.5 Å². The largest absolute Gasteiger partial charge is 0.495 e. The van der Waals surface area contributed by atoms with E-state index in [-0.39, 0.29) is 11.9 Å². The molecule has 2 fully saturated rings. The summed E-state index contributed by atoms with van der Waals surface area (Å²) in [6.07, 6.45) is 1.03. The Morgan fingerprint density at radius 1 is 1.23 bits per heavy atom. The summed E-state index contributed by atoms with van der Waals surface area (Å²) in [7, 11) is 1.50. The number of fused-ring (bicyclic) bond motifs is 1. The molecule has 2 aliphatic heterocycles. The van der Waals surface area contributed by atoms with E-state index in [1.54, 1.807) is 23.1 Å². The van der Waals surface area contributed by atoms with Crippen LogP contribution in [-0.4, -0.2) is 60.1 Å². The molecule has 1 amide bonds. The zero-order chi connectivity index (χ0) is 21.5. The van der Waals surface area contributed by atoms with Crippen molar-refractivity contribution in [1.82, 2.24) is 9.80 Å². The Balaban J connectivity index is 1.47. The first-order valence-electron chi connectivity index (χ1n) is 9.86. The molecule has 5 nitrogen and oxygen atoms in total. The van der Waals surface area contributed by atoms with Crippen molar-refractivity contribution in [2.24, 2.45) is 0 Å². The molecule has 2 aromatic carbocycles. The number of carbonyl (C=O) groups excluding carboxylic acids is 1. The molecular formula is C22H23ClF2N2O3. The monoisotopic (exact) mass is 436 g/mol. The molecule has 2 atom stereocenters. The van der Waals surface area contributed by atoms with Crippen LogP contribution in [0, 0.1) is 11.6 Å². The zero-order valence-electron chi connectivity index (χ0n) is 16.6. The average Bonchev–Trinajstić information content (AvgIpc) is 2.75. The van der Waals surface area contributed by atoms with Crippen molar-refractivity contribution in [3.05, 3.63) is 64.2 Å². The minimum absolute atomic E-state index is 0.0812. The molecule has 1 N–H and O–H groups in total. The van der Waals surface area contributed by atoms with E-state index >= 15 is 0 Å². The molecule has 2 heterocycles. The third-order valence-corrected chi connectivity index (χ3v) is 6.51. The Morgan fingerprint density at radius 3 is 2.77 bits per heavy atom. The van der Waals surface area contributed by atoms with E-state index in [4.69, 9.17) is 16.3 Å². The quantitative estimate of drug-likeness (QED) is 0.801. The molecule has 0 spiro atoms. The highest BCUT2D eigenvalue weighted by atomic mass is 35.5. The first-order chi connectivity index (χ1) is 14.3. The van der Waals surface area contributed by atoms with Gasteiger partial charge in [-0.05, 0) is 42.7 Å². The lowest BCUT2D eigenvalue weighted by Crippen LogP contribution is -2.60. The van der Waals surface area contributed by atoms with E-state index in [0.717, 1.165) is 12.1 Å². The number of methoxy groups -OCH3 is 1. The number of nitrogens with zero attached hydrogens (tertiary/aromatic N) is 2. The SMILES string of the molecule is COc1cccc(C(=O)N2CCN3C[C@](O)(c4ccc(F)c(F)c4)CC[C@H]3C2)c1Cl. The summed E-state index contributed by atoms with van der Waals surface area (Å²) >= 11 is 6.32. The Hall–Kier alpha value is -2.22. The van der Waals surface area contributed by atoms with E-state index in [2.05, 4.69) is 4.90 Å². The first-order valence-corrected chi connectivity index (χ1v) is 10.2. The smallest absolute Gasteiger partial charge is 0.255 e. The number of piperazine rings is 1. The third kappa shape index (κ3) is 3.77. The predicted octanol–water partition coefficient (Wildman–Crippen LogP) is 3.43. The number of amides is 1. The minimum atomic E-state index is -1.24. The van der Waals surface area contributed by atoms with Gasteiger partial charge in [0.25, 0.3) is 5.91 Å². The standard InChI is InChI=1S/C22H23ClF2N2O3/c1-30-19-4-2-3-16(20(19)23)21(28)26-9-10-27-13-22(29,8-7-15(27)12-26)14-5-6-17(24)18(25)11-14/h2-6,11,15,29H,7-10,12-13H2,1H3/t15-,22-/m0/s1. The fourth-order valence-corrected chi connectivity index (χ4v) is 4.69. The number of carbonyl (C=O) groups is 1. The maximum absolute atomic E-state index is 13.7. The Morgan fingerprint density at radius 2 is 2.03 bits per heavy atom. The number of ether oxygens (including phenoxy) is 1. The lowest BCUT2D eigenvalue weighted by atomic mass is 9.82. The molecule has 0 unspecified atom stereocenters. The number of piperidine rings is 1. The molecule has 30 heavy (non-hydrogen) atoms. The van der Waals surface area contributed by atoms with Crippen molar-refractivity contribution in [2.75, 3.05) is 33.3 Å². The molecule has 0 bridgehead atoms. The zero-order valence-corrected chi connectivity index (χ0v) is 17.3. The number of halogens is 3. The van der Waals surface area contributed by atoms with Crippen LogP contribution >= 0.6 is 11.6 Å². The van der Waals surface area contributed by atoms with Crippen LogP contribution < -0.4 is 4.74 Å². The molecule has 0 aromatic heterocycles. The predicted molar refractivity (Wildman–Crippen MR) is 109 cm³/mol. The highest BCUT2D eigenvalue weighted by Gasteiger charge is 2.42. The molecule has 4 rings (SSSR count). The molecule has 160 valence electrons. The highest BCUT2D eigenvalue weighted by molar-refractivity contribution is 6.35. The van der Waals surface area contributed by atoms with Gasteiger partial charge in [0.15, 0.2) is 11.6 Å². The maximum atomic E-state index is 13.7. The first kappa shape index (κ1) is 21.0. The molecule has 0 saturated carbocycles. The van der Waals surface area contributed by atoms with Gasteiger partial charge < -0.3 is 14.7 Å². The molecule has 2 saturated heterocycles. The van der Waals surface area contributed by atoms with E-state index in [1.165, 1.54) is 13.2 Å². The lowest BCUT2D eigenvalue weighted by Gasteiger charge is -2.49. The summed E-state index contributed by atoms with van der Waals surface area (Å²) in [4.78, 5) is 16.9. The van der Waals surface area contributed by atoms with Gasteiger partial charge in [-0.1, -0.05) is 23.7 Å². The second-order valence-corrected chi connectivity index (χ2v) is 8.27. The van der Waals surface area contributed by atoms with Crippen molar-refractivity contribution in [1.29, 1.82) is 0 Å². The van der Waals surface area contributed by atoms with Crippen molar-refractivity contribution in [3.8, 4) is 5.75 Å². The number of benzene rings is 2. The van der Waals surface area contributed by atoms with Crippen LogP contribution in [0.4, 0.5) is 8.78 Å². The Labute approximate surface area is 178 Å². The van der Waals surface area contributed by atoms with E-state index in [9.17, 15) is 18.7 Å². The van der Waals surface area contributed by atoms with Crippen molar-refractivity contribution in [2.45, 2.75) is 24.5 Å². The van der Waals surface area contributed by atoms with Crippen LogP contribution in [0.15, 0.2) is 36.4 Å². The molecule has 2 aliphatic rings. The average molecular weight is 437 g/mol. The van der Waals surface area contributed by atoms with Gasteiger partial charge >= 0.3 is 0 Å². The topological polar surface area (TPSA) is 53.0 Å². The summed E-state index contributed by atoms with van der Waals surface area (Å²) in [5.74, 6) is -1.59. The van der Waals surface area contributed by atoms with Crippen LogP contribution in [0.2, 0.25) is 5.02 Å². The van der Waals surface area contributed by atoms with Crippen LogP contribution in [0.25, 0.3) is 0 Å². The molecule has 2 aromatic rings. The minimum Gasteiger partial charge on any atom is -0.495 e. The second kappa shape index (κ2) is 8.13. The normalized spacial score (nSPS) is 24.4. The summed E-state index contributed by atoms with van der Waals surface area (Å²) in [6.45, 7) is 1.88. The number of hydrogen-bond acceptors (Lipinski definition) is 4. The second-order valence-electron chi connectivity index (χ2n) is 7.90. The summed E-state index contributed by atoms with van der Waals surface area (Å²) in [6, 6.07) is 8.75. The fourth-order valence-electron chi connectivity index (χ4n) is 4.40. The number of hydrogen-bond donors (Lipinski definition) is 1. The van der Waals surface area contributed by atoms with Gasteiger partial charge in [-0.2, -0.15) is 0 Å². The van der Waals surface area contributed by atoms with Gasteiger partial charge in [0.2, 0.25) is 0 Å². The van der Waals surface area contributed by atoms with Crippen LogP contribution in [0.5, 0.6) is 5.75 Å². The van der Waals surface area contributed by atoms with Crippen LogP contribution in [0.3, 0.4) is 0 Å². The lowest BCUT2D eigenvalue weighted by molar-refractivity contribution is -0.0741. The maximum Gasteiger partial charge on any atom is 0.255 e.